The number of aryl methyl sites for hydroxylation is 1. The van der Waals surface area contributed by atoms with Crippen LogP contribution in [-0.2, 0) is 12.8 Å². The molecule has 2 aromatic heterocycles. The molecule has 3 rings (SSSR count). The van der Waals surface area contributed by atoms with Crippen molar-refractivity contribution in [2.45, 2.75) is 18.6 Å². The number of Topliss-reactive ketones (excluding diaryl/α,β-unsaturated/α-hetero) is 1. The average molecular weight is 347 g/mol. The van der Waals surface area contributed by atoms with Crippen LogP contribution in [0.15, 0.2) is 28.9 Å². The van der Waals surface area contributed by atoms with Gasteiger partial charge in [0.1, 0.15) is 5.76 Å². The maximum atomic E-state index is 12.6. The van der Waals surface area contributed by atoms with Crippen molar-refractivity contribution in [1.82, 2.24) is 14.5 Å². The average Bonchev–Trinajstić information content (AvgIpc) is 3.23. The van der Waals surface area contributed by atoms with Gasteiger partial charge < -0.3 is 13.9 Å². The number of likely N-dealkylation sites (tertiary alicyclic amines) is 1. The maximum Gasteiger partial charge on any atom is 0.289 e. The predicted molar refractivity (Wildman–Crippen MR) is 92.1 cm³/mol. The maximum absolute atomic E-state index is 12.6. The number of imidazole rings is 1. The first-order valence-electron chi connectivity index (χ1n) is 7.98. The van der Waals surface area contributed by atoms with Gasteiger partial charge in [0.25, 0.3) is 5.91 Å². The molecule has 0 aliphatic carbocycles. The summed E-state index contributed by atoms with van der Waals surface area (Å²) in [6.45, 7) is 1.07. The highest BCUT2D eigenvalue weighted by molar-refractivity contribution is 7.97. The Hall–Kier alpha value is -2.02. The van der Waals surface area contributed by atoms with Crippen LogP contribution in [0.5, 0.6) is 0 Å². The number of aromatic nitrogens is 2. The fourth-order valence-corrected chi connectivity index (χ4v) is 3.47. The molecule has 2 aromatic rings. The zero-order valence-electron chi connectivity index (χ0n) is 13.9. The number of rotatable bonds is 5. The van der Waals surface area contributed by atoms with Crippen LogP contribution >= 0.6 is 11.8 Å². The van der Waals surface area contributed by atoms with E-state index in [1.807, 2.05) is 19.4 Å². The largest absolute Gasteiger partial charge is 0.455 e. The second-order valence-electron chi connectivity index (χ2n) is 6.02. The molecule has 1 aliphatic rings. The van der Waals surface area contributed by atoms with Crippen molar-refractivity contribution in [3.63, 3.8) is 0 Å². The van der Waals surface area contributed by atoms with Gasteiger partial charge in [-0.15, -0.1) is 0 Å². The lowest BCUT2D eigenvalue weighted by molar-refractivity contribution is 0.0606. The van der Waals surface area contributed by atoms with Gasteiger partial charge in [0, 0.05) is 38.4 Å². The molecule has 1 saturated heterocycles. The minimum absolute atomic E-state index is 0.00233. The highest BCUT2D eigenvalue weighted by Crippen LogP contribution is 2.23. The Bertz CT molecular complexity index is 737. The number of carbonyl (C=O) groups excluding carboxylic acids is 2. The van der Waals surface area contributed by atoms with Crippen LogP contribution in [-0.4, -0.2) is 45.5 Å². The van der Waals surface area contributed by atoms with E-state index in [9.17, 15) is 9.59 Å². The number of carbonyl (C=O) groups is 2. The summed E-state index contributed by atoms with van der Waals surface area (Å²) in [6.07, 6.45) is 6.96. The fraction of sp³-hybridized carbons (Fsp3) is 0.471. The summed E-state index contributed by atoms with van der Waals surface area (Å²) in [5.74, 6) is 2.00. The number of nitrogens with zero attached hydrogens (tertiary/aromatic N) is 3. The van der Waals surface area contributed by atoms with Crippen molar-refractivity contribution in [1.29, 1.82) is 0 Å². The van der Waals surface area contributed by atoms with Crippen LogP contribution < -0.4 is 0 Å². The Morgan fingerprint density at radius 2 is 2.25 bits per heavy atom. The lowest BCUT2D eigenvalue weighted by atomic mass is 9.93. The van der Waals surface area contributed by atoms with Gasteiger partial charge in [-0.05, 0) is 31.2 Å². The minimum atomic E-state index is -0.204. The molecule has 3 heterocycles. The van der Waals surface area contributed by atoms with Crippen LogP contribution in [0, 0.1) is 5.92 Å². The molecular weight excluding hydrogens is 326 g/mol. The van der Waals surface area contributed by atoms with Gasteiger partial charge in [-0.25, -0.2) is 4.98 Å². The number of piperidine rings is 1. The van der Waals surface area contributed by atoms with Crippen LogP contribution in [0.2, 0.25) is 0 Å². The van der Waals surface area contributed by atoms with E-state index < -0.39 is 0 Å². The summed E-state index contributed by atoms with van der Waals surface area (Å²) >= 11 is 1.65. The first-order valence-corrected chi connectivity index (χ1v) is 9.38. The molecular formula is C17H21N3O3S. The number of furan rings is 1. The van der Waals surface area contributed by atoms with E-state index in [1.54, 1.807) is 39.7 Å². The molecule has 0 N–H and O–H groups in total. The Morgan fingerprint density at radius 1 is 1.42 bits per heavy atom. The van der Waals surface area contributed by atoms with E-state index in [-0.39, 0.29) is 17.6 Å². The third kappa shape index (κ3) is 3.40. The van der Waals surface area contributed by atoms with Crippen molar-refractivity contribution < 1.29 is 14.0 Å². The molecule has 0 saturated carbocycles. The minimum Gasteiger partial charge on any atom is -0.455 e. The molecule has 6 nitrogen and oxygen atoms in total. The Balaban J connectivity index is 1.69. The van der Waals surface area contributed by atoms with E-state index in [0.717, 1.165) is 24.4 Å². The Labute approximate surface area is 145 Å². The summed E-state index contributed by atoms with van der Waals surface area (Å²) in [5, 5.41) is 0. The number of thioether (sulfide) groups is 1. The van der Waals surface area contributed by atoms with Crippen molar-refractivity contribution in [2.75, 3.05) is 19.3 Å². The summed E-state index contributed by atoms with van der Waals surface area (Å²) < 4.78 is 7.34. The van der Waals surface area contributed by atoms with E-state index in [0.29, 0.717) is 24.7 Å². The predicted octanol–water partition coefficient (Wildman–Crippen LogP) is 2.61. The van der Waals surface area contributed by atoms with Crippen molar-refractivity contribution >= 4 is 23.5 Å². The monoisotopic (exact) mass is 347 g/mol. The third-order valence-electron chi connectivity index (χ3n) is 4.28. The molecule has 0 radical (unpaired) electrons. The van der Waals surface area contributed by atoms with Crippen LogP contribution in [0.3, 0.4) is 0 Å². The fourth-order valence-electron chi connectivity index (χ4n) is 3.03. The molecule has 1 atom stereocenters. The first kappa shape index (κ1) is 16.8. The zero-order chi connectivity index (χ0) is 17.1. The van der Waals surface area contributed by atoms with Gasteiger partial charge in [-0.2, -0.15) is 11.8 Å². The third-order valence-corrected chi connectivity index (χ3v) is 4.85. The van der Waals surface area contributed by atoms with E-state index in [2.05, 4.69) is 4.98 Å². The summed E-state index contributed by atoms with van der Waals surface area (Å²) in [5.41, 5.74) is 0. The SMILES string of the molecule is CSCc1ccc(C(=O)N2CCCC(C(=O)c3nccn3C)C2)o1. The van der Waals surface area contributed by atoms with E-state index in [4.69, 9.17) is 4.42 Å². The van der Waals surface area contributed by atoms with Gasteiger partial charge in [-0.3, -0.25) is 9.59 Å². The topological polar surface area (TPSA) is 68.3 Å². The molecule has 1 aliphatic heterocycles. The number of hydrogen-bond acceptors (Lipinski definition) is 5. The lowest BCUT2D eigenvalue weighted by Crippen LogP contribution is -2.42. The highest BCUT2D eigenvalue weighted by Gasteiger charge is 2.32. The van der Waals surface area contributed by atoms with E-state index in [1.165, 1.54) is 0 Å². The molecule has 7 heteroatoms. The molecule has 1 fully saturated rings. The molecule has 1 unspecified atom stereocenters. The summed E-state index contributed by atoms with van der Waals surface area (Å²) in [4.78, 5) is 31.1. The molecule has 24 heavy (non-hydrogen) atoms. The molecule has 0 aromatic carbocycles. The normalized spacial score (nSPS) is 17.9. The standard InChI is InChI=1S/C17H21N3O3S/c1-19-9-7-18-16(19)15(21)12-4-3-8-20(10-12)17(22)14-6-5-13(23-14)11-24-2/h5-7,9,12H,3-4,8,10-11H2,1-2H3. The number of ketones is 1. The van der Waals surface area contributed by atoms with Crippen LogP contribution in [0.4, 0.5) is 0 Å². The smallest absolute Gasteiger partial charge is 0.289 e. The Kier molecular flexibility index (Phi) is 5.08. The quantitative estimate of drug-likeness (QED) is 0.778. The molecule has 128 valence electrons. The van der Waals surface area contributed by atoms with Gasteiger partial charge in [0.2, 0.25) is 5.78 Å². The van der Waals surface area contributed by atoms with Gasteiger partial charge in [0.05, 0.1) is 5.75 Å². The highest BCUT2D eigenvalue weighted by atomic mass is 32.2. The second-order valence-corrected chi connectivity index (χ2v) is 6.88. The molecule has 0 bridgehead atoms. The van der Waals surface area contributed by atoms with Gasteiger partial charge >= 0.3 is 0 Å². The molecule has 1 amide bonds. The van der Waals surface area contributed by atoms with Crippen molar-refractivity contribution in [3.8, 4) is 0 Å². The summed E-state index contributed by atoms with van der Waals surface area (Å²) in [7, 11) is 1.81. The van der Waals surface area contributed by atoms with Crippen LogP contribution in [0.25, 0.3) is 0 Å². The summed E-state index contributed by atoms with van der Waals surface area (Å²) in [6, 6.07) is 3.56. The lowest BCUT2D eigenvalue weighted by Gasteiger charge is -2.31. The first-order chi connectivity index (χ1) is 11.6. The number of hydrogen-bond donors (Lipinski definition) is 0. The zero-order valence-corrected chi connectivity index (χ0v) is 14.7. The van der Waals surface area contributed by atoms with E-state index >= 15 is 0 Å². The van der Waals surface area contributed by atoms with Crippen LogP contribution in [0.1, 0.15) is 39.8 Å². The van der Waals surface area contributed by atoms with Gasteiger partial charge in [-0.1, -0.05) is 0 Å². The molecule has 0 spiro atoms. The van der Waals surface area contributed by atoms with Crippen molar-refractivity contribution in [2.24, 2.45) is 13.0 Å². The second kappa shape index (κ2) is 7.25. The number of amides is 1. The Morgan fingerprint density at radius 3 is 2.96 bits per heavy atom. The van der Waals surface area contributed by atoms with Crippen molar-refractivity contribution in [3.05, 3.63) is 41.9 Å². The van der Waals surface area contributed by atoms with Gasteiger partial charge in [0.15, 0.2) is 11.6 Å².